The number of nitrogens with one attached hydrogen (secondary N) is 1. The number of nitrogens with zero attached hydrogens (tertiary/aromatic N) is 3. The number of hydrogen-bond acceptors (Lipinski definition) is 5. The Kier molecular flexibility index (Phi) is 6.54. The van der Waals surface area contributed by atoms with E-state index in [9.17, 15) is 9.90 Å². The summed E-state index contributed by atoms with van der Waals surface area (Å²) in [6, 6.07) is 2.09. The summed E-state index contributed by atoms with van der Waals surface area (Å²) < 4.78 is 0. The van der Waals surface area contributed by atoms with Crippen molar-refractivity contribution in [1.82, 2.24) is 15.2 Å². The van der Waals surface area contributed by atoms with Gasteiger partial charge in [0.05, 0.1) is 10.7 Å². The van der Waals surface area contributed by atoms with Crippen molar-refractivity contribution in [2.24, 2.45) is 5.92 Å². The Bertz CT molecular complexity index is 727. The lowest BCUT2D eigenvalue weighted by atomic mass is 9.84. The van der Waals surface area contributed by atoms with Crippen molar-refractivity contribution < 1.29 is 9.90 Å². The molecule has 3 fully saturated rings. The second-order valence-corrected chi connectivity index (χ2v) is 9.59. The lowest BCUT2D eigenvalue weighted by Gasteiger charge is -2.37. The topological polar surface area (TPSA) is 68.7 Å². The Morgan fingerprint density at radius 2 is 1.86 bits per heavy atom. The van der Waals surface area contributed by atoms with E-state index < -0.39 is 5.60 Å². The van der Waals surface area contributed by atoms with E-state index in [1.807, 2.05) is 6.07 Å². The third-order valence-corrected chi connectivity index (χ3v) is 7.19. The van der Waals surface area contributed by atoms with Gasteiger partial charge in [-0.15, -0.1) is 0 Å². The lowest BCUT2D eigenvalue weighted by molar-refractivity contribution is -0.132. The predicted molar refractivity (Wildman–Crippen MR) is 116 cm³/mol. The highest BCUT2D eigenvalue weighted by Gasteiger charge is 2.48. The van der Waals surface area contributed by atoms with Crippen LogP contribution in [0.15, 0.2) is 12.3 Å². The van der Waals surface area contributed by atoms with E-state index in [0.29, 0.717) is 23.0 Å². The molecule has 0 spiro atoms. The van der Waals surface area contributed by atoms with Crippen LogP contribution in [0.25, 0.3) is 0 Å². The monoisotopic (exact) mass is 440 g/mol. The molecule has 0 aromatic carbocycles. The second-order valence-electron chi connectivity index (χ2n) is 8.80. The molecule has 8 heteroatoms. The molecular weight excluding hydrogens is 411 g/mol. The zero-order chi connectivity index (χ0) is 20.4. The number of rotatable bonds is 6. The molecule has 0 radical (unpaired) electrons. The quantitative estimate of drug-likeness (QED) is 0.665. The third kappa shape index (κ3) is 5.35. The lowest BCUT2D eigenvalue weighted by Crippen LogP contribution is -2.47. The number of carbonyl (C=O) groups is 1. The van der Waals surface area contributed by atoms with Crippen LogP contribution in [0.3, 0.4) is 0 Å². The predicted octanol–water partition coefficient (Wildman–Crippen LogP) is 3.10. The zero-order valence-electron chi connectivity index (χ0n) is 16.7. The van der Waals surface area contributed by atoms with E-state index >= 15 is 0 Å². The molecule has 29 heavy (non-hydrogen) atoms. The molecule has 1 amide bonds. The van der Waals surface area contributed by atoms with Gasteiger partial charge in [-0.3, -0.25) is 9.69 Å². The van der Waals surface area contributed by atoms with Crippen molar-refractivity contribution in [2.45, 2.75) is 56.6 Å². The van der Waals surface area contributed by atoms with Gasteiger partial charge in [0, 0.05) is 44.5 Å². The first-order chi connectivity index (χ1) is 13.9. The number of halogens is 2. The Morgan fingerprint density at radius 3 is 2.52 bits per heavy atom. The fourth-order valence-corrected chi connectivity index (χ4v) is 4.86. The van der Waals surface area contributed by atoms with Crippen molar-refractivity contribution in [3.63, 3.8) is 0 Å². The summed E-state index contributed by atoms with van der Waals surface area (Å²) in [6.45, 7) is 5.07. The number of aromatic nitrogens is 1. The molecule has 0 unspecified atom stereocenters. The fraction of sp³-hybridized carbons (Fsp3) is 0.714. The largest absolute Gasteiger partial charge is 0.380 e. The number of anilines is 1. The van der Waals surface area contributed by atoms with Crippen LogP contribution in [0, 0.1) is 5.92 Å². The number of hydrogen-bond donors (Lipinski definition) is 2. The van der Waals surface area contributed by atoms with Gasteiger partial charge < -0.3 is 15.3 Å². The van der Waals surface area contributed by atoms with Crippen LogP contribution >= 0.6 is 23.2 Å². The molecule has 2 aliphatic carbocycles. The molecule has 6 nitrogen and oxygen atoms in total. The Balaban J connectivity index is 1.15. The molecule has 2 N–H and O–H groups in total. The summed E-state index contributed by atoms with van der Waals surface area (Å²) in [4.78, 5) is 20.8. The van der Waals surface area contributed by atoms with E-state index in [1.54, 1.807) is 6.20 Å². The molecule has 1 aromatic rings. The van der Waals surface area contributed by atoms with Crippen molar-refractivity contribution in [3.05, 3.63) is 22.4 Å². The average molecular weight is 441 g/mol. The van der Waals surface area contributed by atoms with Crippen molar-refractivity contribution in [2.75, 3.05) is 37.6 Å². The Morgan fingerprint density at radius 1 is 1.17 bits per heavy atom. The van der Waals surface area contributed by atoms with Crippen LogP contribution in [-0.4, -0.2) is 65.3 Å². The maximum absolute atomic E-state index is 12.0. The van der Waals surface area contributed by atoms with Crippen molar-refractivity contribution in [1.29, 1.82) is 0 Å². The molecule has 160 valence electrons. The molecule has 2 saturated carbocycles. The van der Waals surface area contributed by atoms with E-state index in [0.717, 1.165) is 70.0 Å². The second kappa shape index (κ2) is 8.96. The normalized spacial score (nSPS) is 26.9. The fourth-order valence-electron chi connectivity index (χ4n) is 4.48. The zero-order valence-corrected chi connectivity index (χ0v) is 18.3. The molecule has 3 aliphatic rings. The van der Waals surface area contributed by atoms with E-state index in [2.05, 4.69) is 20.1 Å². The molecule has 2 heterocycles. The highest BCUT2D eigenvalue weighted by Crippen LogP contribution is 2.36. The van der Waals surface area contributed by atoms with E-state index in [4.69, 9.17) is 23.2 Å². The number of amides is 1. The van der Waals surface area contributed by atoms with Gasteiger partial charge >= 0.3 is 0 Å². The van der Waals surface area contributed by atoms with E-state index in [1.165, 1.54) is 6.42 Å². The average Bonchev–Trinajstić information content (AvgIpc) is 3.48. The van der Waals surface area contributed by atoms with Gasteiger partial charge in [-0.1, -0.05) is 23.2 Å². The highest BCUT2D eigenvalue weighted by atomic mass is 35.5. The summed E-state index contributed by atoms with van der Waals surface area (Å²) in [5.74, 6) is 0.577. The minimum atomic E-state index is -1.05. The minimum Gasteiger partial charge on any atom is -0.380 e. The molecular formula is C21H30Cl2N4O2. The third-order valence-electron chi connectivity index (χ3n) is 6.70. The van der Waals surface area contributed by atoms with Gasteiger partial charge in [0.15, 0.2) is 0 Å². The summed E-state index contributed by atoms with van der Waals surface area (Å²) in [5, 5.41) is 14.1. The Hall–Kier alpha value is -1.08. The molecule has 0 bridgehead atoms. The number of piperazine rings is 1. The minimum absolute atomic E-state index is 0.158. The van der Waals surface area contributed by atoms with Gasteiger partial charge in [0.2, 0.25) is 0 Å². The molecule has 1 aromatic heterocycles. The SMILES string of the molecule is O=C(NC1CCC(CCN2CCN(c3cc(Cl)ncc3Cl)CC2)CC1)C1(O)CC1. The first-order valence-corrected chi connectivity index (χ1v) is 11.5. The summed E-state index contributed by atoms with van der Waals surface area (Å²) in [5.41, 5.74) is -0.0762. The highest BCUT2D eigenvalue weighted by molar-refractivity contribution is 6.34. The van der Waals surface area contributed by atoms with Crippen molar-refractivity contribution >= 4 is 34.8 Å². The van der Waals surface area contributed by atoms with Crippen molar-refractivity contribution in [3.8, 4) is 0 Å². The van der Waals surface area contributed by atoms with E-state index in [-0.39, 0.29) is 11.9 Å². The van der Waals surface area contributed by atoms with Gasteiger partial charge in [0.1, 0.15) is 10.8 Å². The number of carbonyl (C=O) groups excluding carboxylic acids is 1. The standard InChI is InChI=1S/C21H30Cl2N4O2/c22-17-14-24-19(23)13-18(17)27-11-9-26(10-12-27)8-5-15-1-3-16(4-2-15)25-20(28)21(29)6-7-21/h13-16,29H,1-12H2,(H,25,28). The molecule has 1 saturated heterocycles. The number of aliphatic hydroxyl groups is 1. The first-order valence-electron chi connectivity index (χ1n) is 10.7. The van der Waals surface area contributed by atoms with Crippen LogP contribution in [-0.2, 0) is 4.79 Å². The maximum Gasteiger partial charge on any atom is 0.252 e. The summed E-state index contributed by atoms with van der Waals surface area (Å²) >= 11 is 12.3. The Labute approximate surface area is 182 Å². The smallest absolute Gasteiger partial charge is 0.252 e. The van der Waals surface area contributed by atoms with Crippen LogP contribution < -0.4 is 10.2 Å². The van der Waals surface area contributed by atoms with Gasteiger partial charge in [0.25, 0.3) is 5.91 Å². The van der Waals surface area contributed by atoms with Crippen LogP contribution in [0.4, 0.5) is 5.69 Å². The van der Waals surface area contributed by atoms with Crippen LogP contribution in [0.1, 0.15) is 44.9 Å². The van der Waals surface area contributed by atoms with Gasteiger partial charge in [-0.25, -0.2) is 4.98 Å². The summed E-state index contributed by atoms with van der Waals surface area (Å²) in [7, 11) is 0. The van der Waals surface area contributed by atoms with Gasteiger partial charge in [-0.2, -0.15) is 0 Å². The molecule has 1 aliphatic heterocycles. The number of pyridine rings is 1. The maximum atomic E-state index is 12.0. The molecule has 4 rings (SSSR count). The molecule has 0 atom stereocenters. The van der Waals surface area contributed by atoms with Crippen LogP contribution in [0.2, 0.25) is 10.2 Å². The van der Waals surface area contributed by atoms with Gasteiger partial charge in [-0.05, 0) is 57.4 Å². The summed E-state index contributed by atoms with van der Waals surface area (Å²) in [6.07, 6.45) is 8.44. The first kappa shape index (κ1) is 21.2. The van der Waals surface area contributed by atoms with Crippen LogP contribution in [0.5, 0.6) is 0 Å².